The Morgan fingerprint density at radius 1 is 1.22 bits per heavy atom. The predicted octanol–water partition coefficient (Wildman–Crippen LogP) is -16.1. The van der Waals surface area contributed by atoms with Gasteiger partial charge < -0.3 is 44.4 Å². The van der Waals surface area contributed by atoms with Crippen LogP contribution in [-0.4, -0.2) is 11.3 Å². The maximum Gasteiger partial charge on any atom is 1.00 e. The molecule has 3 nitrogen and oxygen atoms in total. The zero-order valence-corrected chi connectivity index (χ0v) is 13.9. The van der Waals surface area contributed by atoms with Crippen LogP contribution in [0.5, 0.6) is 0 Å². The van der Waals surface area contributed by atoms with Crippen molar-refractivity contribution in [1.82, 2.24) is 0 Å². The van der Waals surface area contributed by atoms with Crippen LogP contribution in [0.4, 0.5) is 4.79 Å². The maximum absolute atomic E-state index is 8.44. The molecule has 0 fully saturated rings. The summed E-state index contributed by atoms with van der Waals surface area (Å²) in [6, 6.07) is 0. The molecule has 0 saturated heterocycles. The van der Waals surface area contributed by atoms with Crippen LogP contribution in [0.3, 0.4) is 0 Å². The minimum absolute atomic E-state index is 0. The average Bonchev–Trinajstić information content (AvgIpc) is 0.811. The minimum atomic E-state index is -2.08. The van der Waals surface area contributed by atoms with Gasteiger partial charge in [-0.15, -0.1) is 0 Å². The first-order chi connectivity index (χ1) is 1.73. The Balaban J connectivity index is -0.00000000450. The average molecular weight is 245 g/mol. The van der Waals surface area contributed by atoms with Crippen LogP contribution in [0.15, 0.2) is 0 Å². The molecule has 0 aromatic heterocycles. The number of hydrogen-bond donors (Lipinski definition) is 1. The number of rotatable bonds is 0. The molecule has 9 heavy (non-hydrogen) atoms. The van der Waals surface area contributed by atoms with Gasteiger partial charge in [0.1, 0.15) is 0 Å². The molecular formula is CHBrClNa3O3. The molecule has 0 amide bonds. The van der Waals surface area contributed by atoms with Gasteiger partial charge in [-0.05, 0) is 0 Å². The van der Waals surface area contributed by atoms with Crippen LogP contribution < -0.4 is 123 Å². The van der Waals surface area contributed by atoms with Gasteiger partial charge in [-0.25, -0.2) is 0 Å². The van der Waals surface area contributed by atoms with Gasteiger partial charge in [0, 0.05) is 0 Å². The molecule has 0 heterocycles. The molecule has 0 aromatic carbocycles. The molecule has 0 aliphatic heterocycles. The van der Waals surface area contributed by atoms with Crippen molar-refractivity contribution in [3.63, 3.8) is 0 Å². The summed E-state index contributed by atoms with van der Waals surface area (Å²) in [7, 11) is 0. The third kappa shape index (κ3) is 97.6. The van der Waals surface area contributed by atoms with Gasteiger partial charge in [0.25, 0.3) is 0 Å². The molecule has 0 atom stereocenters. The summed E-state index contributed by atoms with van der Waals surface area (Å²) in [5.74, 6) is 0. The molecule has 0 aliphatic carbocycles. The molecule has 0 aliphatic rings. The van der Waals surface area contributed by atoms with Crippen molar-refractivity contribution in [2.45, 2.75) is 0 Å². The van der Waals surface area contributed by atoms with Crippen molar-refractivity contribution in [1.29, 1.82) is 0 Å². The molecule has 0 radical (unpaired) electrons. The molecule has 0 bridgehead atoms. The first-order valence-electron chi connectivity index (χ1n) is 0.632. The van der Waals surface area contributed by atoms with Crippen molar-refractivity contribution in [3.05, 3.63) is 0 Å². The fourth-order valence-corrected chi connectivity index (χ4v) is 0. The first kappa shape index (κ1) is 40.2. The second kappa shape index (κ2) is 30.5. The summed E-state index contributed by atoms with van der Waals surface area (Å²) >= 11 is 0. The Bertz CT molecular complexity index is 42.0. The van der Waals surface area contributed by atoms with Crippen LogP contribution in [0, 0.1) is 0 Å². The van der Waals surface area contributed by atoms with Gasteiger partial charge in [0.2, 0.25) is 6.16 Å². The normalized spacial score (nSPS) is 2.67. The van der Waals surface area contributed by atoms with Gasteiger partial charge in [0.05, 0.1) is 0 Å². The molecular weight excluding hydrogens is 244 g/mol. The number of carbonyl (C=O) groups is 1. The molecule has 8 heteroatoms. The van der Waals surface area contributed by atoms with Gasteiger partial charge in [-0.3, -0.25) is 0 Å². The van der Waals surface area contributed by atoms with Gasteiger partial charge in [-0.2, -0.15) is 0 Å². The van der Waals surface area contributed by atoms with Gasteiger partial charge in [0.15, 0.2) is 0 Å². The Labute approximate surface area is 136 Å². The Hall–Kier alpha value is 3.04. The van der Waals surface area contributed by atoms with E-state index in [1.807, 2.05) is 0 Å². The van der Waals surface area contributed by atoms with Crippen LogP contribution in [0.1, 0.15) is 0 Å². The van der Waals surface area contributed by atoms with E-state index < -0.39 is 6.16 Å². The summed E-state index contributed by atoms with van der Waals surface area (Å²) < 4.78 is 0. The SMILES string of the molecule is O=C([O-])O.[Br-].[Cl-].[Na+].[Na+].[Na+]. The summed E-state index contributed by atoms with van der Waals surface area (Å²) in [6.45, 7) is 0. The topological polar surface area (TPSA) is 60.4 Å². The Morgan fingerprint density at radius 2 is 1.22 bits per heavy atom. The van der Waals surface area contributed by atoms with Crippen LogP contribution in [-0.2, 0) is 0 Å². The summed E-state index contributed by atoms with van der Waals surface area (Å²) in [5.41, 5.74) is 0. The van der Waals surface area contributed by atoms with Crippen molar-refractivity contribution in [2.75, 3.05) is 0 Å². The molecule has 1 N–H and O–H groups in total. The van der Waals surface area contributed by atoms with Crippen molar-refractivity contribution < 1.29 is 133 Å². The first-order valence-corrected chi connectivity index (χ1v) is 0.632. The smallest absolute Gasteiger partial charge is 1.00 e. The number of hydrogen-bond acceptors (Lipinski definition) is 2. The third-order valence-corrected chi connectivity index (χ3v) is 0. The zero-order valence-electron chi connectivity index (χ0n) is 5.52. The Morgan fingerprint density at radius 3 is 1.22 bits per heavy atom. The van der Waals surface area contributed by atoms with Crippen LogP contribution in [0.25, 0.3) is 0 Å². The van der Waals surface area contributed by atoms with E-state index in [1.165, 1.54) is 0 Å². The largest absolute Gasteiger partial charge is 1.00 e. The standard InChI is InChI=1S/CH2O3.BrH.ClH.3Na/c2-1(3)4;;;;;/h(H2,2,3,4);2*1H;;;/q;;;3*+1/p-3. The van der Waals surface area contributed by atoms with E-state index in [1.54, 1.807) is 0 Å². The number of halogens is 2. The molecule has 0 saturated carbocycles. The predicted molar refractivity (Wildman–Crippen MR) is 8.02 cm³/mol. The van der Waals surface area contributed by atoms with E-state index in [4.69, 9.17) is 15.0 Å². The van der Waals surface area contributed by atoms with E-state index in [9.17, 15) is 0 Å². The molecule has 0 spiro atoms. The van der Waals surface area contributed by atoms with Gasteiger partial charge in [-0.1, -0.05) is 0 Å². The number of carboxylic acid groups (broad SMARTS) is 2. The summed E-state index contributed by atoms with van der Waals surface area (Å²) in [6.07, 6.45) is -2.08. The fraction of sp³-hybridized carbons (Fsp3) is 0. The van der Waals surface area contributed by atoms with Crippen LogP contribution in [0.2, 0.25) is 0 Å². The summed E-state index contributed by atoms with van der Waals surface area (Å²) in [4.78, 5) is 8.44. The van der Waals surface area contributed by atoms with Crippen molar-refractivity contribution in [3.8, 4) is 0 Å². The third-order valence-electron chi connectivity index (χ3n) is 0. The van der Waals surface area contributed by atoms with Gasteiger partial charge >= 0.3 is 88.7 Å². The minimum Gasteiger partial charge on any atom is -1.00 e. The van der Waals surface area contributed by atoms with E-state index >= 15 is 0 Å². The van der Waals surface area contributed by atoms with E-state index in [0.29, 0.717) is 0 Å². The van der Waals surface area contributed by atoms with E-state index in [0.717, 1.165) is 0 Å². The van der Waals surface area contributed by atoms with Crippen molar-refractivity contribution in [2.24, 2.45) is 0 Å². The zero-order chi connectivity index (χ0) is 3.58. The van der Waals surface area contributed by atoms with E-state index in [-0.39, 0.29) is 118 Å². The quantitative estimate of drug-likeness (QED) is 0.431. The van der Waals surface area contributed by atoms with Crippen molar-refractivity contribution >= 4 is 6.16 Å². The Kier molecular flexibility index (Phi) is 136. The molecule has 0 unspecified atom stereocenters. The fourth-order valence-electron chi connectivity index (χ4n) is 0. The summed E-state index contributed by atoms with van der Waals surface area (Å²) in [5, 5.41) is 15.3. The second-order valence-electron chi connectivity index (χ2n) is 0.266. The maximum atomic E-state index is 8.44. The second-order valence-corrected chi connectivity index (χ2v) is 0.266. The van der Waals surface area contributed by atoms with Crippen LogP contribution >= 0.6 is 0 Å². The monoisotopic (exact) mass is 244 g/mol. The molecule has 40 valence electrons. The molecule has 0 rings (SSSR count). The van der Waals surface area contributed by atoms with E-state index in [2.05, 4.69) is 0 Å². The molecule has 0 aromatic rings.